The summed E-state index contributed by atoms with van der Waals surface area (Å²) in [6, 6.07) is 8.37. The molecule has 1 aromatic carbocycles. The first-order valence-corrected chi connectivity index (χ1v) is 10.4. The van der Waals surface area contributed by atoms with Crippen LogP contribution in [0.1, 0.15) is 63.2 Å². The number of benzene rings is 1. The number of hydrogen-bond acceptors (Lipinski definition) is 5. The summed E-state index contributed by atoms with van der Waals surface area (Å²) in [6.07, 6.45) is 10.2. The Kier molecular flexibility index (Phi) is 5.27. The number of anilines is 1. The van der Waals surface area contributed by atoms with Gasteiger partial charge in [-0.25, -0.2) is 0 Å². The maximum atomic E-state index is 5.89. The van der Waals surface area contributed by atoms with Crippen molar-refractivity contribution in [1.82, 2.24) is 20.1 Å². The fraction of sp³-hybridized carbons (Fsp3) is 0.579. The largest absolute Gasteiger partial charge is 0.399 e. The molecular weight excluding hydrogens is 330 g/mol. The van der Waals surface area contributed by atoms with Crippen LogP contribution >= 0.6 is 11.8 Å². The quantitative estimate of drug-likeness (QED) is 0.807. The van der Waals surface area contributed by atoms with Crippen molar-refractivity contribution < 1.29 is 0 Å². The Hall–Kier alpha value is -1.53. The van der Waals surface area contributed by atoms with Crippen LogP contribution in [0.2, 0.25) is 0 Å². The van der Waals surface area contributed by atoms with Gasteiger partial charge in [0.15, 0.2) is 11.0 Å². The summed E-state index contributed by atoms with van der Waals surface area (Å²) in [6.45, 7) is 1.06. The lowest BCUT2D eigenvalue weighted by Crippen LogP contribution is -2.29. The van der Waals surface area contributed by atoms with E-state index in [1.807, 2.05) is 23.9 Å². The lowest BCUT2D eigenvalue weighted by Gasteiger charge is -2.24. The summed E-state index contributed by atoms with van der Waals surface area (Å²) >= 11 is 1.91. The van der Waals surface area contributed by atoms with Crippen LogP contribution in [0.25, 0.3) is 5.69 Å². The number of rotatable bonds is 4. The summed E-state index contributed by atoms with van der Waals surface area (Å²) in [7, 11) is 0. The molecule has 4 rings (SSSR count). The molecule has 0 bridgehead atoms. The SMILES string of the molecule is Nc1ccc(-n2c(SC3CCCCC3)nnc2C2CCCCN2)cc1. The Bertz CT molecular complexity index is 684. The van der Waals surface area contributed by atoms with Crippen molar-refractivity contribution >= 4 is 17.4 Å². The van der Waals surface area contributed by atoms with Crippen molar-refractivity contribution in [1.29, 1.82) is 0 Å². The van der Waals surface area contributed by atoms with E-state index in [1.54, 1.807) is 0 Å². The lowest BCUT2D eigenvalue weighted by molar-refractivity contribution is 0.392. The molecule has 0 amide bonds. The maximum absolute atomic E-state index is 5.89. The van der Waals surface area contributed by atoms with Crippen LogP contribution in [0.4, 0.5) is 5.69 Å². The Morgan fingerprint density at radius 2 is 1.72 bits per heavy atom. The summed E-state index contributed by atoms with van der Waals surface area (Å²) in [5.74, 6) is 1.04. The highest BCUT2D eigenvalue weighted by atomic mass is 32.2. The number of thioether (sulfide) groups is 1. The number of hydrogen-bond donors (Lipinski definition) is 2. The molecule has 1 aliphatic heterocycles. The number of nitrogen functional groups attached to an aromatic ring is 1. The molecule has 1 atom stereocenters. The van der Waals surface area contributed by atoms with E-state index < -0.39 is 0 Å². The molecule has 2 aliphatic rings. The Morgan fingerprint density at radius 1 is 0.960 bits per heavy atom. The fourth-order valence-corrected chi connectivity index (χ4v) is 5.11. The van der Waals surface area contributed by atoms with E-state index in [0.29, 0.717) is 11.3 Å². The van der Waals surface area contributed by atoms with Gasteiger partial charge in [0, 0.05) is 16.6 Å². The first-order valence-electron chi connectivity index (χ1n) is 9.52. The van der Waals surface area contributed by atoms with Gasteiger partial charge in [-0.1, -0.05) is 37.4 Å². The van der Waals surface area contributed by atoms with Crippen molar-refractivity contribution in [2.45, 2.75) is 67.8 Å². The van der Waals surface area contributed by atoms with Crippen LogP contribution in [0.15, 0.2) is 29.4 Å². The molecule has 2 aromatic rings. The minimum atomic E-state index is 0.291. The second-order valence-electron chi connectivity index (χ2n) is 7.15. The first kappa shape index (κ1) is 16.9. The minimum absolute atomic E-state index is 0.291. The monoisotopic (exact) mass is 357 g/mol. The Labute approximate surface area is 153 Å². The highest BCUT2D eigenvalue weighted by molar-refractivity contribution is 7.99. The molecule has 134 valence electrons. The predicted octanol–water partition coefficient (Wildman–Crippen LogP) is 4.09. The van der Waals surface area contributed by atoms with Crippen LogP contribution in [0, 0.1) is 0 Å². The van der Waals surface area contributed by atoms with Crippen LogP contribution in [-0.2, 0) is 0 Å². The van der Waals surface area contributed by atoms with E-state index in [4.69, 9.17) is 5.73 Å². The highest BCUT2D eigenvalue weighted by Crippen LogP contribution is 2.35. The van der Waals surface area contributed by atoms with Crippen molar-refractivity contribution in [3.63, 3.8) is 0 Å². The highest BCUT2D eigenvalue weighted by Gasteiger charge is 2.26. The van der Waals surface area contributed by atoms with E-state index in [1.165, 1.54) is 44.9 Å². The molecular formula is C19H27N5S. The molecule has 1 saturated heterocycles. The molecule has 1 aromatic heterocycles. The zero-order valence-corrected chi connectivity index (χ0v) is 15.5. The van der Waals surface area contributed by atoms with Crippen LogP contribution in [0.3, 0.4) is 0 Å². The van der Waals surface area contributed by atoms with Gasteiger partial charge in [0.25, 0.3) is 0 Å². The van der Waals surface area contributed by atoms with E-state index in [0.717, 1.165) is 35.3 Å². The zero-order chi connectivity index (χ0) is 17.1. The van der Waals surface area contributed by atoms with Gasteiger partial charge in [-0.15, -0.1) is 10.2 Å². The first-order chi connectivity index (χ1) is 12.3. The van der Waals surface area contributed by atoms with E-state index >= 15 is 0 Å². The summed E-state index contributed by atoms with van der Waals surface area (Å²) in [5.41, 5.74) is 7.79. The summed E-state index contributed by atoms with van der Waals surface area (Å²) in [5, 5.41) is 14.5. The molecule has 0 spiro atoms. The number of nitrogens with one attached hydrogen (secondary N) is 1. The smallest absolute Gasteiger partial charge is 0.196 e. The summed E-state index contributed by atoms with van der Waals surface area (Å²) in [4.78, 5) is 0. The number of aromatic nitrogens is 3. The molecule has 25 heavy (non-hydrogen) atoms. The lowest BCUT2D eigenvalue weighted by atomic mass is 10.0. The van der Waals surface area contributed by atoms with Gasteiger partial charge in [-0.3, -0.25) is 4.57 Å². The predicted molar refractivity (Wildman–Crippen MR) is 103 cm³/mol. The second kappa shape index (κ2) is 7.79. The molecule has 3 N–H and O–H groups in total. The van der Waals surface area contributed by atoms with E-state index in [2.05, 4.69) is 32.2 Å². The van der Waals surface area contributed by atoms with Gasteiger partial charge in [-0.05, 0) is 56.5 Å². The standard InChI is InChI=1S/C19H27N5S/c20-14-9-11-15(12-10-14)24-18(17-8-4-5-13-21-17)22-23-19(24)25-16-6-2-1-3-7-16/h9-12,16-17,21H,1-8,13,20H2. The zero-order valence-electron chi connectivity index (χ0n) is 14.7. The van der Waals surface area contributed by atoms with Gasteiger partial charge in [0.1, 0.15) is 0 Å². The third-order valence-electron chi connectivity index (χ3n) is 5.26. The molecule has 1 aliphatic carbocycles. The molecule has 5 nitrogen and oxygen atoms in total. The average molecular weight is 358 g/mol. The molecule has 1 saturated carbocycles. The minimum Gasteiger partial charge on any atom is -0.399 e. The molecule has 2 fully saturated rings. The molecule has 2 heterocycles. The summed E-state index contributed by atoms with van der Waals surface area (Å²) < 4.78 is 2.25. The molecule has 1 unspecified atom stereocenters. The average Bonchev–Trinajstić information content (AvgIpc) is 3.07. The second-order valence-corrected chi connectivity index (χ2v) is 8.42. The normalized spacial score (nSPS) is 22.2. The van der Waals surface area contributed by atoms with Crippen molar-refractivity contribution in [3.8, 4) is 5.69 Å². The van der Waals surface area contributed by atoms with Gasteiger partial charge >= 0.3 is 0 Å². The Morgan fingerprint density at radius 3 is 2.44 bits per heavy atom. The van der Waals surface area contributed by atoms with Gasteiger partial charge in [-0.2, -0.15) is 0 Å². The Balaban J connectivity index is 1.67. The third kappa shape index (κ3) is 3.85. The van der Waals surface area contributed by atoms with Crippen molar-refractivity contribution in [2.75, 3.05) is 12.3 Å². The number of nitrogens with two attached hydrogens (primary N) is 1. The van der Waals surface area contributed by atoms with Gasteiger partial charge in [0.05, 0.1) is 6.04 Å². The van der Waals surface area contributed by atoms with Crippen LogP contribution in [-0.4, -0.2) is 26.6 Å². The van der Waals surface area contributed by atoms with Crippen molar-refractivity contribution in [3.05, 3.63) is 30.1 Å². The third-order valence-corrected chi connectivity index (χ3v) is 6.54. The van der Waals surface area contributed by atoms with Gasteiger partial charge < -0.3 is 11.1 Å². The number of nitrogens with zero attached hydrogens (tertiary/aromatic N) is 3. The fourth-order valence-electron chi connectivity index (χ4n) is 3.85. The maximum Gasteiger partial charge on any atom is 0.196 e. The van der Waals surface area contributed by atoms with Gasteiger partial charge in [0.2, 0.25) is 0 Å². The van der Waals surface area contributed by atoms with Crippen molar-refractivity contribution in [2.24, 2.45) is 0 Å². The molecule has 0 radical (unpaired) electrons. The van der Waals surface area contributed by atoms with Crippen LogP contribution in [0.5, 0.6) is 0 Å². The number of piperidine rings is 1. The van der Waals surface area contributed by atoms with Crippen LogP contribution < -0.4 is 11.1 Å². The topological polar surface area (TPSA) is 68.8 Å². The molecule has 6 heteroatoms. The van der Waals surface area contributed by atoms with E-state index in [-0.39, 0.29) is 0 Å². The van der Waals surface area contributed by atoms with E-state index in [9.17, 15) is 0 Å².